The van der Waals surface area contributed by atoms with Crippen molar-refractivity contribution in [2.45, 2.75) is 19.3 Å². The van der Waals surface area contributed by atoms with Gasteiger partial charge in [-0.05, 0) is 24.7 Å². The second kappa shape index (κ2) is 4.83. The first-order valence-electron chi connectivity index (χ1n) is 4.03. The predicted molar refractivity (Wildman–Crippen MR) is 54.7 cm³/mol. The Morgan fingerprint density at radius 1 is 1.18 bits per heavy atom. The van der Waals surface area contributed by atoms with Crippen LogP contribution in [0, 0.1) is 5.41 Å². The van der Waals surface area contributed by atoms with Crippen molar-refractivity contribution in [3.63, 3.8) is 0 Å². The molecule has 1 fully saturated rings. The summed E-state index contributed by atoms with van der Waals surface area (Å²) in [6.45, 7) is 1.89. The smallest absolute Gasteiger partial charge is 0.0471 e. The zero-order valence-electron chi connectivity index (χ0n) is 6.61. The van der Waals surface area contributed by atoms with E-state index in [4.69, 9.17) is 4.74 Å². The Kier molecular flexibility index (Phi) is 4.39. The Labute approximate surface area is 85.1 Å². The van der Waals surface area contributed by atoms with Gasteiger partial charge in [0.05, 0.1) is 0 Å². The molecule has 0 saturated carbocycles. The summed E-state index contributed by atoms with van der Waals surface area (Å²) in [5.74, 6) is 0. The number of hydrogen-bond donors (Lipinski definition) is 0. The molecule has 1 aliphatic heterocycles. The monoisotopic (exact) mass is 284 g/mol. The molecule has 66 valence electrons. The van der Waals surface area contributed by atoms with E-state index in [9.17, 15) is 0 Å². The lowest BCUT2D eigenvalue weighted by atomic mass is 9.80. The molecule has 0 aliphatic carbocycles. The minimum atomic E-state index is 0.516. The van der Waals surface area contributed by atoms with Crippen LogP contribution in [0.2, 0.25) is 0 Å². The van der Waals surface area contributed by atoms with Crippen molar-refractivity contribution < 1.29 is 4.74 Å². The highest BCUT2D eigenvalue weighted by molar-refractivity contribution is 9.09. The average Bonchev–Trinajstić information content (AvgIpc) is 2.07. The van der Waals surface area contributed by atoms with Crippen LogP contribution in [-0.2, 0) is 4.74 Å². The van der Waals surface area contributed by atoms with Crippen LogP contribution in [-0.4, -0.2) is 23.9 Å². The quantitative estimate of drug-likeness (QED) is 0.725. The molecular weight excluding hydrogens is 272 g/mol. The van der Waals surface area contributed by atoms with E-state index in [0.717, 1.165) is 23.9 Å². The summed E-state index contributed by atoms with van der Waals surface area (Å²) in [4.78, 5) is 0. The number of ether oxygens (including phenoxy) is 1. The molecule has 3 heteroatoms. The van der Waals surface area contributed by atoms with Crippen LogP contribution in [0.15, 0.2) is 0 Å². The largest absolute Gasteiger partial charge is 0.381 e. The summed E-state index contributed by atoms with van der Waals surface area (Å²) in [5, 5.41) is 2.23. The molecule has 0 atom stereocenters. The van der Waals surface area contributed by atoms with Gasteiger partial charge in [-0.25, -0.2) is 0 Å². The first kappa shape index (κ1) is 10.0. The van der Waals surface area contributed by atoms with Crippen molar-refractivity contribution in [2.75, 3.05) is 23.9 Å². The van der Waals surface area contributed by atoms with Gasteiger partial charge in [-0.15, -0.1) is 0 Å². The van der Waals surface area contributed by atoms with E-state index in [1.807, 2.05) is 0 Å². The topological polar surface area (TPSA) is 9.23 Å². The van der Waals surface area contributed by atoms with Gasteiger partial charge >= 0.3 is 0 Å². The van der Waals surface area contributed by atoms with Crippen LogP contribution in [0.25, 0.3) is 0 Å². The summed E-state index contributed by atoms with van der Waals surface area (Å²) in [5.41, 5.74) is 0.516. The second-order valence-electron chi connectivity index (χ2n) is 3.18. The van der Waals surface area contributed by atoms with Crippen LogP contribution < -0.4 is 0 Å². The molecule has 0 bridgehead atoms. The maximum atomic E-state index is 5.34. The van der Waals surface area contributed by atoms with Crippen LogP contribution in [0.1, 0.15) is 19.3 Å². The average molecular weight is 286 g/mol. The van der Waals surface area contributed by atoms with E-state index in [2.05, 4.69) is 31.9 Å². The minimum Gasteiger partial charge on any atom is -0.381 e. The molecule has 0 unspecified atom stereocenters. The maximum absolute atomic E-state index is 5.34. The van der Waals surface area contributed by atoms with Gasteiger partial charge in [-0.1, -0.05) is 31.9 Å². The van der Waals surface area contributed by atoms with E-state index in [0.29, 0.717) is 5.41 Å². The summed E-state index contributed by atoms with van der Waals surface area (Å²) < 4.78 is 5.34. The molecule has 1 aliphatic rings. The molecular formula is C8H14Br2O. The number of halogens is 2. The minimum absolute atomic E-state index is 0.516. The van der Waals surface area contributed by atoms with Gasteiger partial charge in [0.2, 0.25) is 0 Å². The van der Waals surface area contributed by atoms with Gasteiger partial charge in [0.25, 0.3) is 0 Å². The zero-order valence-corrected chi connectivity index (χ0v) is 9.79. The molecule has 1 nitrogen and oxygen atoms in total. The zero-order chi connectivity index (χ0) is 8.16. The van der Waals surface area contributed by atoms with Gasteiger partial charge < -0.3 is 4.74 Å². The van der Waals surface area contributed by atoms with E-state index < -0.39 is 0 Å². The third kappa shape index (κ3) is 2.71. The molecule has 0 aromatic rings. The molecule has 0 amide bonds. The van der Waals surface area contributed by atoms with Gasteiger partial charge in [0.1, 0.15) is 0 Å². The van der Waals surface area contributed by atoms with E-state index in [1.54, 1.807) is 0 Å². The van der Waals surface area contributed by atoms with Gasteiger partial charge in [-0.2, -0.15) is 0 Å². The first-order valence-corrected chi connectivity index (χ1v) is 6.27. The molecule has 11 heavy (non-hydrogen) atoms. The fraction of sp³-hybridized carbons (Fsp3) is 1.00. The van der Waals surface area contributed by atoms with Crippen molar-refractivity contribution >= 4 is 31.9 Å². The lowest BCUT2D eigenvalue weighted by Gasteiger charge is -2.35. The first-order chi connectivity index (χ1) is 5.33. The summed E-state index contributed by atoms with van der Waals surface area (Å²) in [7, 11) is 0. The van der Waals surface area contributed by atoms with Crippen LogP contribution in [0.5, 0.6) is 0 Å². The highest BCUT2D eigenvalue weighted by atomic mass is 79.9. The highest BCUT2D eigenvalue weighted by Crippen LogP contribution is 2.36. The Morgan fingerprint density at radius 2 is 1.82 bits per heavy atom. The summed E-state index contributed by atoms with van der Waals surface area (Å²) in [6.07, 6.45) is 3.69. The molecule has 0 radical (unpaired) electrons. The van der Waals surface area contributed by atoms with Crippen molar-refractivity contribution in [1.29, 1.82) is 0 Å². The van der Waals surface area contributed by atoms with Gasteiger partial charge in [-0.3, -0.25) is 0 Å². The molecule has 0 aromatic heterocycles. The fourth-order valence-corrected chi connectivity index (χ4v) is 3.14. The van der Waals surface area contributed by atoms with E-state index in [1.165, 1.54) is 19.3 Å². The van der Waals surface area contributed by atoms with Crippen molar-refractivity contribution in [3.8, 4) is 0 Å². The van der Waals surface area contributed by atoms with Gasteiger partial charge in [0.15, 0.2) is 0 Å². The van der Waals surface area contributed by atoms with Crippen LogP contribution >= 0.6 is 31.9 Å². The maximum Gasteiger partial charge on any atom is 0.0471 e. The lowest BCUT2D eigenvalue weighted by molar-refractivity contribution is 0.0257. The van der Waals surface area contributed by atoms with Gasteiger partial charge in [0, 0.05) is 23.9 Å². The number of rotatable bonds is 3. The number of alkyl halides is 2. The van der Waals surface area contributed by atoms with Crippen LogP contribution in [0.4, 0.5) is 0 Å². The SMILES string of the molecule is BrCCC1(CBr)CCOCC1. The third-order valence-electron chi connectivity index (χ3n) is 2.46. The van der Waals surface area contributed by atoms with Crippen molar-refractivity contribution in [1.82, 2.24) is 0 Å². The van der Waals surface area contributed by atoms with Crippen molar-refractivity contribution in [2.24, 2.45) is 5.41 Å². The Bertz CT molecular complexity index is 105. The molecule has 1 rings (SSSR count). The molecule has 0 aromatic carbocycles. The standard InChI is InChI=1S/C8H14Br2O/c9-4-1-8(7-10)2-5-11-6-3-8/h1-7H2. The Hall–Kier alpha value is 0.920. The van der Waals surface area contributed by atoms with E-state index >= 15 is 0 Å². The highest BCUT2D eigenvalue weighted by Gasteiger charge is 2.30. The number of hydrogen-bond acceptors (Lipinski definition) is 1. The molecule has 1 saturated heterocycles. The van der Waals surface area contributed by atoms with Crippen molar-refractivity contribution in [3.05, 3.63) is 0 Å². The summed E-state index contributed by atoms with van der Waals surface area (Å²) in [6, 6.07) is 0. The summed E-state index contributed by atoms with van der Waals surface area (Å²) >= 11 is 7.09. The normalized spacial score (nSPS) is 23.5. The lowest BCUT2D eigenvalue weighted by Crippen LogP contribution is -2.31. The molecule has 1 heterocycles. The fourth-order valence-electron chi connectivity index (χ4n) is 1.46. The second-order valence-corrected chi connectivity index (χ2v) is 4.54. The third-order valence-corrected chi connectivity index (χ3v) is 4.05. The van der Waals surface area contributed by atoms with E-state index in [-0.39, 0.29) is 0 Å². The Morgan fingerprint density at radius 3 is 2.27 bits per heavy atom. The molecule has 0 spiro atoms. The molecule has 0 N–H and O–H groups in total. The predicted octanol–water partition coefficient (Wildman–Crippen LogP) is 2.96. The van der Waals surface area contributed by atoms with Crippen LogP contribution in [0.3, 0.4) is 0 Å². The Balaban J connectivity index is 2.42.